The van der Waals surface area contributed by atoms with Gasteiger partial charge in [0, 0.05) is 5.56 Å². The molecule has 0 unspecified atom stereocenters. The van der Waals surface area contributed by atoms with E-state index in [0.29, 0.717) is 0 Å². The number of benzene rings is 2. The second-order valence-corrected chi connectivity index (χ2v) is 8.09. The van der Waals surface area contributed by atoms with Crippen molar-refractivity contribution < 1.29 is 22.3 Å². The van der Waals surface area contributed by atoms with Gasteiger partial charge in [-0.25, -0.2) is 12.8 Å². The number of sulfonamides is 1. The Balaban J connectivity index is 2.13. The maximum absolute atomic E-state index is 13.8. The van der Waals surface area contributed by atoms with Gasteiger partial charge in [0.15, 0.2) is 0 Å². The average molecular weight is 400 g/mol. The minimum atomic E-state index is -3.90. The molecule has 0 heterocycles. The molecule has 0 aliphatic rings. The first-order chi connectivity index (χ1) is 12.2. The SMILES string of the molecule is CC(C)[C@H](NS(=O)(=O)c1ccccc1)C(=O)OCc1c(F)cccc1Cl. The molecule has 0 aliphatic heterocycles. The normalized spacial score (nSPS) is 12.8. The van der Waals surface area contributed by atoms with E-state index < -0.39 is 27.9 Å². The van der Waals surface area contributed by atoms with Crippen molar-refractivity contribution in [2.24, 2.45) is 5.92 Å². The maximum Gasteiger partial charge on any atom is 0.324 e. The fourth-order valence-corrected chi connectivity index (χ4v) is 3.77. The van der Waals surface area contributed by atoms with E-state index in [9.17, 15) is 17.6 Å². The number of halogens is 2. The van der Waals surface area contributed by atoms with Gasteiger partial charge in [0.1, 0.15) is 18.5 Å². The van der Waals surface area contributed by atoms with Crippen LogP contribution >= 0.6 is 11.6 Å². The summed E-state index contributed by atoms with van der Waals surface area (Å²) in [6.45, 7) is 2.96. The van der Waals surface area contributed by atoms with Crippen LogP contribution in [-0.4, -0.2) is 20.4 Å². The smallest absolute Gasteiger partial charge is 0.324 e. The lowest BCUT2D eigenvalue weighted by Crippen LogP contribution is -2.45. The Bertz CT molecular complexity index is 852. The maximum atomic E-state index is 13.8. The van der Waals surface area contributed by atoms with E-state index in [1.807, 2.05) is 0 Å². The molecule has 0 spiro atoms. The summed E-state index contributed by atoms with van der Waals surface area (Å²) in [6.07, 6.45) is 0. The second-order valence-electron chi connectivity index (χ2n) is 5.96. The monoisotopic (exact) mass is 399 g/mol. The third-order valence-electron chi connectivity index (χ3n) is 3.68. The second kappa shape index (κ2) is 8.62. The molecule has 2 aromatic carbocycles. The Hall–Kier alpha value is -1.96. The third kappa shape index (κ3) is 5.03. The van der Waals surface area contributed by atoms with E-state index >= 15 is 0 Å². The van der Waals surface area contributed by atoms with Crippen molar-refractivity contribution in [1.29, 1.82) is 0 Å². The zero-order chi connectivity index (χ0) is 19.3. The van der Waals surface area contributed by atoms with Crippen LogP contribution in [0.5, 0.6) is 0 Å². The van der Waals surface area contributed by atoms with Gasteiger partial charge in [0.25, 0.3) is 0 Å². The van der Waals surface area contributed by atoms with Gasteiger partial charge in [-0.2, -0.15) is 4.72 Å². The number of ether oxygens (including phenoxy) is 1. The van der Waals surface area contributed by atoms with E-state index in [4.69, 9.17) is 16.3 Å². The van der Waals surface area contributed by atoms with Crippen LogP contribution in [0.2, 0.25) is 5.02 Å². The van der Waals surface area contributed by atoms with Crippen molar-refractivity contribution in [3.63, 3.8) is 0 Å². The molecule has 1 atom stereocenters. The summed E-state index contributed by atoms with van der Waals surface area (Å²) in [5, 5.41) is 0.128. The molecule has 2 aromatic rings. The highest BCUT2D eigenvalue weighted by Gasteiger charge is 2.30. The molecule has 5 nitrogen and oxygen atoms in total. The van der Waals surface area contributed by atoms with Gasteiger partial charge >= 0.3 is 5.97 Å². The molecular formula is C18H19ClFNO4S. The van der Waals surface area contributed by atoms with E-state index in [-0.39, 0.29) is 28.0 Å². The van der Waals surface area contributed by atoms with E-state index in [0.717, 1.165) is 0 Å². The molecule has 0 aromatic heterocycles. The van der Waals surface area contributed by atoms with Crippen molar-refractivity contribution in [2.45, 2.75) is 31.4 Å². The van der Waals surface area contributed by atoms with Crippen molar-refractivity contribution in [3.05, 3.63) is 64.9 Å². The van der Waals surface area contributed by atoms with Crippen LogP contribution in [0.3, 0.4) is 0 Å². The number of hydrogen-bond donors (Lipinski definition) is 1. The molecular weight excluding hydrogens is 381 g/mol. The average Bonchev–Trinajstić information content (AvgIpc) is 2.59. The quantitative estimate of drug-likeness (QED) is 0.723. The first-order valence-corrected chi connectivity index (χ1v) is 9.75. The molecule has 0 saturated carbocycles. The Morgan fingerprint density at radius 1 is 1.15 bits per heavy atom. The molecule has 26 heavy (non-hydrogen) atoms. The third-order valence-corrected chi connectivity index (χ3v) is 5.49. The molecule has 8 heteroatoms. The Labute approximate surface area is 157 Å². The van der Waals surface area contributed by atoms with Crippen LogP contribution in [0.4, 0.5) is 4.39 Å². The summed E-state index contributed by atoms with van der Waals surface area (Å²) in [4.78, 5) is 12.4. The highest BCUT2D eigenvalue weighted by atomic mass is 35.5. The molecule has 0 aliphatic carbocycles. The molecule has 0 amide bonds. The molecule has 0 bridgehead atoms. The first kappa shape index (κ1) is 20.4. The van der Waals surface area contributed by atoms with Gasteiger partial charge in [-0.15, -0.1) is 0 Å². The Morgan fingerprint density at radius 2 is 1.81 bits per heavy atom. The van der Waals surface area contributed by atoms with Gasteiger partial charge in [-0.05, 0) is 30.2 Å². The van der Waals surface area contributed by atoms with Gasteiger partial charge < -0.3 is 4.74 Å². The Kier molecular flexibility index (Phi) is 6.75. The summed E-state index contributed by atoms with van der Waals surface area (Å²) < 4.78 is 46.1. The predicted molar refractivity (Wildman–Crippen MR) is 96.6 cm³/mol. The number of carbonyl (C=O) groups excluding carboxylic acids is 1. The molecule has 140 valence electrons. The van der Waals surface area contributed by atoms with Crippen LogP contribution in [-0.2, 0) is 26.2 Å². The van der Waals surface area contributed by atoms with E-state index in [1.54, 1.807) is 32.0 Å². The van der Waals surface area contributed by atoms with Gasteiger partial charge in [-0.1, -0.05) is 49.7 Å². The fourth-order valence-electron chi connectivity index (χ4n) is 2.19. The largest absolute Gasteiger partial charge is 0.459 e. The summed E-state index contributed by atoms with van der Waals surface area (Å²) in [7, 11) is -3.90. The molecule has 0 fully saturated rings. The van der Waals surface area contributed by atoms with Crippen molar-refractivity contribution >= 4 is 27.6 Å². The number of rotatable bonds is 7. The van der Waals surface area contributed by atoms with Gasteiger partial charge in [-0.3, -0.25) is 4.79 Å². The van der Waals surface area contributed by atoms with Crippen LogP contribution in [0.1, 0.15) is 19.4 Å². The van der Waals surface area contributed by atoms with Crippen LogP contribution < -0.4 is 4.72 Å². The van der Waals surface area contributed by atoms with E-state index in [2.05, 4.69) is 4.72 Å². The minimum absolute atomic E-state index is 0.0376. The van der Waals surface area contributed by atoms with Gasteiger partial charge in [0.2, 0.25) is 10.0 Å². The number of esters is 1. The summed E-state index contributed by atoms with van der Waals surface area (Å²) in [6, 6.07) is 10.7. The number of nitrogens with one attached hydrogen (secondary N) is 1. The van der Waals surface area contributed by atoms with E-state index in [1.165, 1.54) is 30.3 Å². The summed E-state index contributed by atoms with van der Waals surface area (Å²) in [5.74, 6) is -1.79. The van der Waals surface area contributed by atoms with Gasteiger partial charge in [0.05, 0.1) is 9.92 Å². The fraction of sp³-hybridized carbons (Fsp3) is 0.278. The van der Waals surface area contributed by atoms with Crippen LogP contribution in [0.15, 0.2) is 53.4 Å². The zero-order valence-electron chi connectivity index (χ0n) is 14.3. The van der Waals surface area contributed by atoms with Crippen molar-refractivity contribution in [3.8, 4) is 0 Å². The Morgan fingerprint density at radius 3 is 2.38 bits per heavy atom. The lowest BCUT2D eigenvalue weighted by Gasteiger charge is -2.21. The van der Waals surface area contributed by atoms with Crippen molar-refractivity contribution in [2.75, 3.05) is 0 Å². The topological polar surface area (TPSA) is 72.5 Å². The number of hydrogen-bond acceptors (Lipinski definition) is 4. The first-order valence-electron chi connectivity index (χ1n) is 7.89. The number of carbonyl (C=O) groups is 1. The molecule has 2 rings (SSSR count). The lowest BCUT2D eigenvalue weighted by atomic mass is 10.1. The summed E-state index contributed by atoms with van der Waals surface area (Å²) >= 11 is 5.90. The summed E-state index contributed by atoms with van der Waals surface area (Å²) in [5.41, 5.74) is 0.0379. The molecule has 0 radical (unpaired) electrons. The standard InChI is InChI=1S/C18H19ClFNO4S/c1-12(2)17(21-26(23,24)13-7-4-3-5-8-13)18(22)25-11-14-15(19)9-6-10-16(14)20/h3-10,12,17,21H,11H2,1-2H3/t17-/m0/s1. The lowest BCUT2D eigenvalue weighted by molar-refractivity contribution is -0.148. The zero-order valence-corrected chi connectivity index (χ0v) is 15.9. The van der Waals surface area contributed by atoms with Crippen LogP contribution in [0.25, 0.3) is 0 Å². The van der Waals surface area contributed by atoms with Crippen LogP contribution in [0, 0.1) is 11.7 Å². The molecule has 0 saturated heterocycles. The highest BCUT2D eigenvalue weighted by molar-refractivity contribution is 7.89. The predicted octanol–water partition coefficient (Wildman–Crippen LogP) is 3.53. The van der Waals surface area contributed by atoms with Crippen molar-refractivity contribution in [1.82, 2.24) is 4.72 Å². The molecule has 1 N–H and O–H groups in total. The minimum Gasteiger partial charge on any atom is -0.459 e. The highest BCUT2D eigenvalue weighted by Crippen LogP contribution is 2.20.